The minimum Gasteiger partial charge on any atom is -0.508 e. The number of hydrogen-bond acceptors (Lipinski definition) is 3. The maximum Gasteiger partial charge on any atom is 0.120 e. The van der Waals surface area contributed by atoms with Crippen LogP contribution in [0.1, 0.15) is 36.2 Å². The minimum absolute atomic E-state index is 0.119. The molecule has 3 nitrogen and oxygen atoms in total. The smallest absolute Gasteiger partial charge is 0.120 e. The summed E-state index contributed by atoms with van der Waals surface area (Å²) in [4.78, 5) is 4.29. The summed E-state index contributed by atoms with van der Waals surface area (Å²) < 4.78 is 0.975. The first-order valence-electron chi connectivity index (χ1n) is 6.73. The third-order valence-electron chi connectivity index (χ3n) is 3.30. The number of phenolic OH excluding ortho intramolecular Hbond substituents is 1. The maximum absolute atomic E-state index is 10.00. The van der Waals surface area contributed by atoms with Crippen molar-refractivity contribution in [2.24, 2.45) is 0 Å². The van der Waals surface area contributed by atoms with Crippen LogP contribution in [0.3, 0.4) is 0 Å². The number of benzene rings is 1. The van der Waals surface area contributed by atoms with Crippen LogP contribution in [0.4, 0.5) is 0 Å². The molecule has 0 bridgehead atoms. The highest BCUT2D eigenvalue weighted by Gasteiger charge is 2.13. The number of aryl methyl sites for hydroxylation is 1. The minimum atomic E-state index is 0.119. The maximum atomic E-state index is 10.00. The first-order valence-corrected chi connectivity index (χ1v) is 7.52. The van der Waals surface area contributed by atoms with E-state index in [4.69, 9.17) is 0 Å². The molecule has 1 aromatic carbocycles. The van der Waals surface area contributed by atoms with E-state index in [0.717, 1.165) is 34.3 Å². The van der Waals surface area contributed by atoms with Crippen LogP contribution in [-0.4, -0.2) is 10.1 Å². The lowest BCUT2D eigenvalue weighted by molar-refractivity contribution is 0.440. The van der Waals surface area contributed by atoms with Crippen LogP contribution in [-0.2, 0) is 6.54 Å². The zero-order chi connectivity index (χ0) is 14.5. The van der Waals surface area contributed by atoms with Crippen molar-refractivity contribution in [2.45, 2.75) is 32.9 Å². The summed E-state index contributed by atoms with van der Waals surface area (Å²) in [6.07, 6.45) is 2.79. The molecular formula is C16H19BrN2O. The van der Waals surface area contributed by atoms with Gasteiger partial charge in [-0.2, -0.15) is 0 Å². The van der Waals surface area contributed by atoms with Crippen LogP contribution in [0.2, 0.25) is 0 Å². The molecule has 1 atom stereocenters. The van der Waals surface area contributed by atoms with Crippen molar-refractivity contribution in [2.75, 3.05) is 0 Å². The molecule has 4 heteroatoms. The van der Waals surface area contributed by atoms with Crippen LogP contribution < -0.4 is 5.32 Å². The average Bonchev–Trinajstić information content (AvgIpc) is 2.45. The van der Waals surface area contributed by atoms with E-state index in [-0.39, 0.29) is 6.04 Å². The Bertz CT molecular complexity index is 569. The Balaban J connectivity index is 2.09. The predicted octanol–water partition coefficient (Wildman–Crippen LogP) is 4.10. The molecule has 0 aliphatic rings. The summed E-state index contributed by atoms with van der Waals surface area (Å²) in [5.41, 5.74) is 3.08. The number of halogens is 1. The zero-order valence-corrected chi connectivity index (χ0v) is 13.3. The molecule has 0 spiro atoms. The Hall–Kier alpha value is -1.39. The fourth-order valence-electron chi connectivity index (χ4n) is 2.12. The third kappa shape index (κ3) is 3.81. The predicted molar refractivity (Wildman–Crippen MR) is 84.7 cm³/mol. The normalized spacial score (nSPS) is 12.3. The Kier molecular flexibility index (Phi) is 5.15. The van der Waals surface area contributed by atoms with E-state index in [9.17, 15) is 5.11 Å². The average molecular weight is 335 g/mol. The van der Waals surface area contributed by atoms with Gasteiger partial charge in [-0.1, -0.05) is 28.9 Å². The van der Waals surface area contributed by atoms with Crippen LogP contribution in [0.5, 0.6) is 5.75 Å². The summed E-state index contributed by atoms with van der Waals surface area (Å²) in [6.45, 7) is 4.81. The van der Waals surface area contributed by atoms with Crippen molar-refractivity contribution < 1.29 is 5.11 Å². The van der Waals surface area contributed by atoms with Gasteiger partial charge in [0.15, 0.2) is 0 Å². The Morgan fingerprint density at radius 2 is 2.10 bits per heavy atom. The van der Waals surface area contributed by atoms with Crippen LogP contribution in [0, 0.1) is 6.92 Å². The number of hydrogen-bond donors (Lipinski definition) is 2. The molecule has 2 N–H and O–H groups in total. The zero-order valence-electron chi connectivity index (χ0n) is 11.7. The topological polar surface area (TPSA) is 45.2 Å². The molecule has 106 valence electrons. The summed E-state index contributed by atoms with van der Waals surface area (Å²) >= 11 is 3.45. The van der Waals surface area contributed by atoms with Gasteiger partial charge in [-0.15, -0.1) is 0 Å². The fourth-order valence-corrected chi connectivity index (χ4v) is 2.50. The number of aromatic hydroxyl groups is 1. The Labute approximate surface area is 128 Å². The second kappa shape index (κ2) is 6.86. The monoisotopic (exact) mass is 334 g/mol. The number of pyridine rings is 1. The molecule has 0 aliphatic carbocycles. The molecule has 0 saturated carbocycles. The third-order valence-corrected chi connectivity index (χ3v) is 3.79. The van der Waals surface area contributed by atoms with Gasteiger partial charge in [0.05, 0.1) is 0 Å². The molecule has 0 saturated heterocycles. The number of nitrogens with one attached hydrogen (secondary N) is 1. The van der Waals surface area contributed by atoms with Crippen molar-refractivity contribution in [3.63, 3.8) is 0 Å². The van der Waals surface area contributed by atoms with Crippen molar-refractivity contribution >= 4 is 15.9 Å². The highest BCUT2D eigenvalue weighted by molar-refractivity contribution is 9.10. The number of aromatic nitrogens is 1. The molecule has 0 fully saturated rings. The van der Waals surface area contributed by atoms with E-state index in [1.54, 1.807) is 6.07 Å². The van der Waals surface area contributed by atoms with Crippen molar-refractivity contribution in [1.82, 2.24) is 10.3 Å². The number of phenols is 1. The standard InChI is InChI=1S/C16H19BrN2O/c1-3-15(14-8-13(17)6-7-16(14)20)19-10-12-5-4-11(2)18-9-12/h4-9,15,19-20H,3,10H2,1-2H3. The van der Waals surface area contributed by atoms with Crippen LogP contribution in [0.15, 0.2) is 41.0 Å². The van der Waals surface area contributed by atoms with Gasteiger partial charge in [0, 0.05) is 34.5 Å². The molecule has 2 aromatic rings. The number of rotatable bonds is 5. The van der Waals surface area contributed by atoms with Crippen LogP contribution >= 0.6 is 15.9 Å². The summed E-state index contributed by atoms with van der Waals surface area (Å²) in [5, 5.41) is 13.5. The van der Waals surface area contributed by atoms with E-state index < -0.39 is 0 Å². The molecule has 1 heterocycles. The van der Waals surface area contributed by atoms with Gasteiger partial charge in [0.2, 0.25) is 0 Å². The molecule has 0 radical (unpaired) electrons. The first-order chi connectivity index (χ1) is 9.60. The van der Waals surface area contributed by atoms with Crippen molar-refractivity contribution in [3.8, 4) is 5.75 Å². The van der Waals surface area contributed by atoms with Gasteiger partial charge >= 0.3 is 0 Å². The van der Waals surface area contributed by atoms with Gasteiger partial charge < -0.3 is 10.4 Å². The molecule has 0 aliphatic heterocycles. The van der Waals surface area contributed by atoms with E-state index in [0.29, 0.717) is 5.75 Å². The first kappa shape index (κ1) is 15.0. The lowest BCUT2D eigenvalue weighted by Crippen LogP contribution is -2.20. The highest BCUT2D eigenvalue weighted by atomic mass is 79.9. The quantitative estimate of drug-likeness (QED) is 0.865. The van der Waals surface area contributed by atoms with Crippen molar-refractivity contribution in [1.29, 1.82) is 0 Å². The highest BCUT2D eigenvalue weighted by Crippen LogP contribution is 2.29. The fraction of sp³-hybridized carbons (Fsp3) is 0.312. The van der Waals surface area contributed by atoms with E-state index in [1.165, 1.54) is 0 Å². The van der Waals surface area contributed by atoms with Gasteiger partial charge in [0.1, 0.15) is 5.75 Å². The summed E-state index contributed by atoms with van der Waals surface area (Å²) in [6, 6.07) is 9.72. The van der Waals surface area contributed by atoms with Gasteiger partial charge in [-0.05, 0) is 43.2 Å². The SMILES string of the molecule is CCC(NCc1ccc(C)nc1)c1cc(Br)ccc1O. The summed E-state index contributed by atoms with van der Waals surface area (Å²) in [5.74, 6) is 0.328. The summed E-state index contributed by atoms with van der Waals surface area (Å²) in [7, 11) is 0. The molecular weight excluding hydrogens is 316 g/mol. The van der Waals surface area contributed by atoms with Crippen LogP contribution in [0.25, 0.3) is 0 Å². The molecule has 0 amide bonds. The molecule has 1 unspecified atom stereocenters. The van der Waals surface area contributed by atoms with E-state index in [2.05, 4.69) is 39.2 Å². The molecule has 20 heavy (non-hydrogen) atoms. The van der Waals surface area contributed by atoms with Gasteiger partial charge in [-0.25, -0.2) is 0 Å². The molecule has 1 aromatic heterocycles. The van der Waals surface area contributed by atoms with E-state index in [1.807, 2.05) is 31.3 Å². The number of nitrogens with zero attached hydrogens (tertiary/aromatic N) is 1. The van der Waals surface area contributed by atoms with Gasteiger partial charge in [0.25, 0.3) is 0 Å². The Morgan fingerprint density at radius 1 is 1.30 bits per heavy atom. The second-order valence-corrected chi connectivity index (χ2v) is 5.77. The lowest BCUT2D eigenvalue weighted by Gasteiger charge is -2.19. The molecule has 2 rings (SSSR count). The Morgan fingerprint density at radius 3 is 2.75 bits per heavy atom. The largest absolute Gasteiger partial charge is 0.508 e. The van der Waals surface area contributed by atoms with Crippen molar-refractivity contribution in [3.05, 3.63) is 57.8 Å². The lowest BCUT2D eigenvalue weighted by atomic mass is 10.0. The van der Waals surface area contributed by atoms with E-state index >= 15 is 0 Å². The second-order valence-electron chi connectivity index (χ2n) is 4.85. The van der Waals surface area contributed by atoms with Gasteiger partial charge in [-0.3, -0.25) is 4.98 Å².